The molecule has 2 aromatic heterocycles. The van der Waals surface area contributed by atoms with Gasteiger partial charge in [-0.2, -0.15) is 0 Å². The molecule has 22 heavy (non-hydrogen) atoms. The fourth-order valence-electron chi connectivity index (χ4n) is 2.23. The van der Waals surface area contributed by atoms with E-state index in [1.54, 1.807) is 27.7 Å². The van der Waals surface area contributed by atoms with Crippen LogP contribution in [-0.4, -0.2) is 27.1 Å². The number of carbonyl (C=O) groups is 2. The lowest BCUT2D eigenvalue weighted by molar-refractivity contribution is -0.122. The molecule has 7 nitrogen and oxygen atoms in total. The molecule has 2 atom stereocenters. The predicted octanol–water partition coefficient (Wildman–Crippen LogP) is 2.43. The third kappa shape index (κ3) is 3.16. The third-order valence-electron chi connectivity index (χ3n) is 3.38. The Hall–Kier alpha value is -2.22. The van der Waals surface area contributed by atoms with Crippen molar-refractivity contribution in [2.75, 3.05) is 0 Å². The van der Waals surface area contributed by atoms with E-state index < -0.39 is 11.9 Å². The van der Waals surface area contributed by atoms with Gasteiger partial charge in [0, 0.05) is 5.56 Å². The molecule has 0 saturated heterocycles. The molecule has 2 aromatic rings. The van der Waals surface area contributed by atoms with Crippen LogP contribution >= 0.6 is 11.3 Å². The van der Waals surface area contributed by atoms with Crippen molar-refractivity contribution in [3.63, 3.8) is 0 Å². The Balaban J connectivity index is 2.09. The second-order valence-electron chi connectivity index (χ2n) is 5.06. The highest BCUT2D eigenvalue weighted by atomic mass is 32.1. The molecule has 1 amide bonds. The molecule has 2 unspecified atom stereocenters. The van der Waals surface area contributed by atoms with Crippen molar-refractivity contribution in [1.29, 1.82) is 0 Å². The second-order valence-corrected chi connectivity index (χ2v) is 6.12. The molecule has 0 spiro atoms. The maximum Gasteiger partial charge on any atom is 0.347 e. The van der Waals surface area contributed by atoms with Crippen LogP contribution in [0.3, 0.4) is 0 Å². The van der Waals surface area contributed by atoms with Crippen molar-refractivity contribution in [2.24, 2.45) is 0 Å². The normalized spacial score (nSPS) is 13.6. The second kappa shape index (κ2) is 6.27. The van der Waals surface area contributed by atoms with E-state index in [1.165, 1.54) is 6.20 Å². The van der Waals surface area contributed by atoms with Crippen molar-refractivity contribution < 1.29 is 19.2 Å². The number of aromatic carboxylic acids is 1. The molecule has 0 aliphatic rings. The highest BCUT2D eigenvalue weighted by Gasteiger charge is 2.25. The van der Waals surface area contributed by atoms with E-state index in [1.807, 2.05) is 0 Å². The van der Waals surface area contributed by atoms with Gasteiger partial charge in [0.25, 0.3) is 0 Å². The molecule has 0 radical (unpaired) electrons. The van der Waals surface area contributed by atoms with Crippen LogP contribution in [0.25, 0.3) is 0 Å². The topological polar surface area (TPSA) is 105 Å². The van der Waals surface area contributed by atoms with Gasteiger partial charge in [-0.05, 0) is 27.7 Å². The molecule has 2 rings (SSSR count). The summed E-state index contributed by atoms with van der Waals surface area (Å²) in [5.41, 5.74) is 1.46. The minimum atomic E-state index is -1.02. The Morgan fingerprint density at radius 3 is 2.55 bits per heavy atom. The minimum absolute atomic E-state index is 0.148. The fourth-order valence-corrected chi connectivity index (χ4v) is 2.99. The third-order valence-corrected chi connectivity index (χ3v) is 4.55. The van der Waals surface area contributed by atoms with Gasteiger partial charge in [-0.15, -0.1) is 11.3 Å². The van der Waals surface area contributed by atoms with Gasteiger partial charge in [0.1, 0.15) is 15.6 Å². The molecule has 2 heterocycles. The van der Waals surface area contributed by atoms with Crippen molar-refractivity contribution >= 4 is 23.2 Å². The molecule has 0 bridgehead atoms. The largest absolute Gasteiger partial charge is 0.477 e. The summed E-state index contributed by atoms with van der Waals surface area (Å²) in [7, 11) is 0. The SMILES string of the molecule is Cc1noc(C)c1C(C)C(=O)NC(C)c1ncc(C(=O)O)s1. The summed E-state index contributed by atoms with van der Waals surface area (Å²) >= 11 is 1.05. The molecule has 0 aromatic carbocycles. The van der Waals surface area contributed by atoms with E-state index in [-0.39, 0.29) is 16.8 Å². The molecular weight excluding hydrogens is 306 g/mol. The zero-order valence-corrected chi connectivity index (χ0v) is 13.5. The zero-order valence-electron chi connectivity index (χ0n) is 12.7. The highest BCUT2D eigenvalue weighted by molar-refractivity contribution is 7.13. The van der Waals surface area contributed by atoms with Crippen LogP contribution in [0.2, 0.25) is 0 Å². The van der Waals surface area contributed by atoms with E-state index in [0.29, 0.717) is 16.5 Å². The average Bonchev–Trinajstić information content (AvgIpc) is 3.05. The molecule has 8 heteroatoms. The number of thiazole rings is 1. The lowest BCUT2D eigenvalue weighted by Gasteiger charge is -2.16. The summed E-state index contributed by atoms with van der Waals surface area (Å²) in [6.45, 7) is 7.10. The fraction of sp³-hybridized carbons (Fsp3) is 0.429. The number of carbonyl (C=O) groups excluding carboxylic acids is 1. The first-order chi connectivity index (χ1) is 10.3. The zero-order chi connectivity index (χ0) is 16.4. The van der Waals surface area contributed by atoms with Gasteiger partial charge in [-0.25, -0.2) is 9.78 Å². The molecule has 0 aliphatic heterocycles. The van der Waals surface area contributed by atoms with E-state index >= 15 is 0 Å². The van der Waals surface area contributed by atoms with E-state index in [0.717, 1.165) is 16.9 Å². The lowest BCUT2D eigenvalue weighted by Crippen LogP contribution is -2.30. The molecule has 2 N–H and O–H groups in total. The number of hydrogen-bond donors (Lipinski definition) is 2. The van der Waals surface area contributed by atoms with Crippen LogP contribution in [0.15, 0.2) is 10.7 Å². The summed E-state index contributed by atoms with van der Waals surface area (Å²) in [5, 5.41) is 16.1. The van der Waals surface area contributed by atoms with Gasteiger partial charge in [0.15, 0.2) is 0 Å². The van der Waals surface area contributed by atoms with Crippen molar-refractivity contribution in [3.05, 3.63) is 33.1 Å². The number of nitrogens with zero attached hydrogens (tertiary/aromatic N) is 2. The monoisotopic (exact) mass is 323 g/mol. The minimum Gasteiger partial charge on any atom is -0.477 e. The smallest absolute Gasteiger partial charge is 0.347 e. The molecule has 0 saturated carbocycles. The first-order valence-electron chi connectivity index (χ1n) is 6.73. The van der Waals surface area contributed by atoms with Gasteiger partial charge in [0.2, 0.25) is 5.91 Å². The standard InChI is InChI=1S/C14H17N3O4S/c1-6(11-7(2)17-21-9(11)4)12(18)16-8(3)13-15-5-10(22-13)14(19)20/h5-6,8H,1-4H3,(H,16,18)(H,19,20). The Bertz CT molecular complexity index is 687. The summed E-state index contributed by atoms with van der Waals surface area (Å²) in [6, 6.07) is -0.367. The van der Waals surface area contributed by atoms with Gasteiger partial charge < -0.3 is 14.9 Å². The van der Waals surface area contributed by atoms with Crippen molar-refractivity contribution in [2.45, 2.75) is 39.7 Å². The number of aryl methyl sites for hydroxylation is 2. The Morgan fingerprint density at radius 2 is 2.05 bits per heavy atom. The number of hydrogen-bond acceptors (Lipinski definition) is 6. The van der Waals surface area contributed by atoms with Crippen LogP contribution in [-0.2, 0) is 4.79 Å². The summed E-state index contributed by atoms with van der Waals surface area (Å²) in [4.78, 5) is 27.4. The average molecular weight is 323 g/mol. The van der Waals surface area contributed by atoms with Crippen LogP contribution < -0.4 is 5.32 Å². The van der Waals surface area contributed by atoms with Gasteiger partial charge in [-0.1, -0.05) is 5.16 Å². The van der Waals surface area contributed by atoms with Gasteiger partial charge in [0.05, 0.1) is 23.9 Å². The molecule has 118 valence electrons. The van der Waals surface area contributed by atoms with Gasteiger partial charge >= 0.3 is 5.97 Å². The lowest BCUT2D eigenvalue weighted by atomic mass is 9.98. The number of aromatic nitrogens is 2. The van der Waals surface area contributed by atoms with E-state index in [4.69, 9.17) is 9.63 Å². The number of amides is 1. The molecule has 0 aliphatic carbocycles. The maximum atomic E-state index is 12.4. The quantitative estimate of drug-likeness (QED) is 0.875. The van der Waals surface area contributed by atoms with E-state index in [9.17, 15) is 9.59 Å². The first kappa shape index (κ1) is 16.2. The number of carboxylic acids is 1. The summed E-state index contributed by atoms with van der Waals surface area (Å²) in [6.07, 6.45) is 1.29. The van der Waals surface area contributed by atoms with Crippen LogP contribution in [0, 0.1) is 13.8 Å². The summed E-state index contributed by atoms with van der Waals surface area (Å²) in [5.74, 6) is -0.997. The van der Waals surface area contributed by atoms with Crippen LogP contribution in [0.5, 0.6) is 0 Å². The van der Waals surface area contributed by atoms with E-state index in [2.05, 4.69) is 15.5 Å². The Morgan fingerprint density at radius 1 is 1.36 bits per heavy atom. The Labute approximate surface area is 131 Å². The number of rotatable bonds is 5. The Kier molecular flexibility index (Phi) is 4.60. The van der Waals surface area contributed by atoms with Crippen molar-refractivity contribution in [3.8, 4) is 0 Å². The summed E-state index contributed by atoms with van der Waals surface area (Å²) < 4.78 is 5.08. The van der Waals surface area contributed by atoms with Crippen LogP contribution in [0.4, 0.5) is 0 Å². The van der Waals surface area contributed by atoms with Crippen LogP contribution in [0.1, 0.15) is 57.5 Å². The predicted molar refractivity (Wildman–Crippen MR) is 80.0 cm³/mol. The maximum absolute atomic E-state index is 12.4. The van der Waals surface area contributed by atoms with Gasteiger partial charge in [-0.3, -0.25) is 4.79 Å². The highest BCUT2D eigenvalue weighted by Crippen LogP contribution is 2.25. The number of nitrogens with one attached hydrogen (secondary N) is 1. The number of carboxylic acid groups (broad SMARTS) is 1. The molecular formula is C14H17N3O4S. The van der Waals surface area contributed by atoms with Crippen molar-refractivity contribution in [1.82, 2.24) is 15.5 Å². The molecule has 0 fully saturated rings. The first-order valence-corrected chi connectivity index (χ1v) is 7.55.